The molecule has 0 amide bonds. The second-order valence-electron chi connectivity index (χ2n) is 5.20. The fourth-order valence-electron chi connectivity index (χ4n) is 1.72. The Morgan fingerprint density at radius 1 is 0.862 bits per heavy atom. The number of benzene rings is 2. The zero-order chi connectivity index (χ0) is 21.3. The first-order valence-corrected chi connectivity index (χ1v) is 7.67. The van der Waals surface area contributed by atoms with E-state index < -0.39 is 59.3 Å². The van der Waals surface area contributed by atoms with Gasteiger partial charge in [-0.3, -0.25) is 0 Å². The first-order valence-electron chi connectivity index (χ1n) is 7.67. The maximum Gasteiger partial charge on any atom is 4.00 e. The molecule has 0 unspecified atom stereocenters. The SMILES string of the molecule is O=C1O[C@H]([C@@H](O)CO)C(O)=C1O.[O-]c1ccccc1[O-].[O-]c1ccccc1[O-].[Ti+4]. The van der Waals surface area contributed by atoms with E-state index in [2.05, 4.69) is 4.74 Å². The van der Waals surface area contributed by atoms with Crippen molar-refractivity contribution in [2.24, 2.45) is 0 Å². The molecule has 1 aliphatic heterocycles. The van der Waals surface area contributed by atoms with E-state index in [-0.39, 0.29) is 21.7 Å². The molecular formula is C18H16O10Ti. The molecular weight excluding hydrogens is 424 g/mol. The van der Waals surface area contributed by atoms with Crippen LogP contribution >= 0.6 is 0 Å². The number of carbonyl (C=O) groups is 1. The number of hydrogen-bond donors (Lipinski definition) is 4. The van der Waals surface area contributed by atoms with Gasteiger partial charge in [0.05, 0.1) is 6.61 Å². The summed E-state index contributed by atoms with van der Waals surface area (Å²) in [6.07, 6.45) is -2.78. The van der Waals surface area contributed by atoms with E-state index in [1.54, 1.807) is 24.3 Å². The molecule has 0 saturated heterocycles. The van der Waals surface area contributed by atoms with Crippen LogP contribution in [0.4, 0.5) is 0 Å². The molecule has 3 rings (SSSR count). The largest absolute Gasteiger partial charge is 4.00 e. The van der Waals surface area contributed by atoms with Crippen molar-refractivity contribution in [2.75, 3.05) is 6.61 Å². The third-order valence-corrected chi connectivity index (χ3v) is 3.17. The molecule has 2 aromatic rings. The van der Waals surface area contributed by atoms with Gasteiger partial charge in [-0.1, -0.05) is 48.5 Å². The molecule has 0 radical (unpaired) electrons. The van der Waals surface area contributed by atoms with E-state index in [9.17, 15) is 25.2 Å². The van der Waals surface area contributed by atoms with Gasteiger partial charge in [0, 0.05) is 0 Å². The molecule has 0 spiro atoms. The Balaban J connectivity index is 0.000000411. The van der Waals surface area contributed by atoms with Gasteiger partial charge in [0.15, 0.2) is 11.9 Å². The Kier molecular flexibility index (Phi) is 11.3. The Bertz CT molecular complexity index is 738. The van der Waals surface area contributed by atoms with Crippen molar-refractivity contribution in [3.63, 3.8) is 0 Å². The maximum absolute atomic E-state index is 10.5. The number of aliphatic hydroxyl groups excluding tert-OH is 4. The Hall–Kier alpha value is -2.92. The third kappa shape index (κ3) is 7.92. The number of rotatable bonds is 2. The van der Waals surface area contributed by atoms with Crippen LogP contribution in [0.1, 0.15) is 0 Å². The number of carbonyl (C=O) groups excluding carboxylic acids is 1. The molecule has 2 atom stereocenters. The second kappa shape index (κ2) is 12.5. The summed E-state index contributed by atoms with van der Waals surface area (Å²) < 4.78 is 4.32. The predicted octanol–water partition coefficient (Wildman–Crippen LogP) is -1.74. The molecule has 11 heteroatoms. The minimum atomic E-state index is -1.42. The topological polar surface area (TPSA) is 199 Å². The molecule has 0 fully saturated rings. The first-order chi connectivity index (χ1) is 13.2. The summed E-state index contributed by atoms with van der Waals surface area (Å²) in [5.74, 6) is -4.53. The standard InChI is InChI=1S/C6H8O6.2C6H6O2.Ti/c7-1-2(8)5-3(9)4(10)6(11)12-5;2*7-5-3-1-2-4-6(5)8;/h2,5,7-10H,1H2;2*1-4,7-8H;/q;;;+4/p-4/t2-,5+;;;/m0.../s1. The average Bonchev–Trinajstić information content (AvgIpc) is 2.94. The summed E-state index contributed by atoms with van der Waals surface area (Å²) in [6, 6.07) is 11.2. The van der Waals surface area contributed by atoms with E-state index >= 15 is 0 Å². The third-order valence-electron chi connectivity index (χ3n) is 3.17. The van der Waals surface area contributed by atoms with E-state index in [1.165, 1.54) is 24.3 Å². The van der Waals surface area contributed by atoms with Crippen LogP contribution in [-0.4, -0.2) is 45.2 Å². The molecule has 1 heterocycles. The van der Waals surface area contributed by atoms with Crippen molar-refractivity contribution in [2.45, 2.75) is 12.2 Å². The minimum absolute atomic E-state index is 0. The van der Waals surface area contributed by atoms with Gasteiger partial charge in [0.1, 0.15) is 6.10 Å². The van der Waals surface area contributed by atoms with Crippen LogP contribution in [0.25, 0.3) is 0 Å². The Morgan fingerprint density at radius 2 is 1.21 bits per heavy atom. The van der Waals surface area contributed by atoms with Gasteiger partial charge in [-0.2, -0.15) is 0 Å². The van der Waals surface area contributed by atoms with Gasteiger partial charge in [-0.05, 0) is 0 Å². The van der Waals surface area contributed by atoms with Crippen molar-refractivity contribution in [3.8, 4) is 23.0 Å². The van der Waals surface area contributed by atoms with Crippen molar-refractivity contribution < 1.29 is 72.1 Å². The smallest absolute Gasteiger partial charge is 0.873 e. The van der Waals surface area contributed by atoms with E-state index in [4.69, 9.17) is 20.4 Å². The van der Waals surface area contributed by atoms with Gasteiger partial charge in [0.25, 0.3) is 0 Å². The molecule has 4 N–H and O–H groups in total. The van der Waals surface area contributed by atoms with E-state index in [0.29, 0.717) is 0 Å². The fraction of sp³-hybridized carbons (Fsp3) is 0.167. The van der Waals surface area contributed by atoms with Gasteiger partial charge < -0.3 is 45.6 Å². The Morgan fingerprint density at radius 3 is 1.41 bits per heavy atom. The van der Waals surface area contributed by atoms with Crippen molar-refractivity contribution in [1.82, 2.24) is 0 Å². The van der Waals surface area contributed by atoms with Crippen LogP contribution < -0.4 is 20.4 Å². The zero-order valence-electron chi connectivity index (χ0n) is 14.7. The quantitative estimate of drug-likeness (QED) is 0.307. The number of hydrogen-bond acceptors (Lipinski definition) is 10. The van der Waals surface area contributed by atoms with Crippen LogP contribution in [0.3, 0.4) is 0 Å². The number of esters is 1. The molecule has 0 aromatic heterocycles. The fourth-order valence-corrected chi connectivity index (χ4v) is 1.72. The molecule has 0 saturated carbocycles. The predicted molar refractivity (Wildman–Crippen MR) is 85.9 cm³/mol. The summed E-state index contributed by atoms with van der Waals surface area (Å²) in [4.78, 5) is 10.5. The molecule has 10 nitrogen and oxygen atoms in total. The normalized spacial score (nSPS) is 15.7. The van der Waals surface area contributed by atoms with Gasteiger partial charge in [0.2, 0.25) is 5.76 Å². The van der Waals surface area contributed by atoms with Gasteiger partial charge in [-0.25, -0.2) is 4.79 Å². The van der Waals surface area contributed by atoms with Crippen LogP contribution in [0.15, 0.2) is 60.0 Å². The zero-order valence-corrected chi connectivity index (χ0v) is 16.3. The molecule has 0 aliphatic carbocycles. The molecule has 152 valence electrons. The monoisotopic (exact) mass is 440 g/mol. The van der Waals surface area contributed by atoms with Gasteiger partial charge >= 0.3 is 27.7 Å². The summed E-state index contributed by atoms with van der Waals surface area (Å²) in [5.41, 5.74) is 0. The summed E-state index contributed by atoms with van der Waals surface area (Å²) in [6.45, 7) is -0.671. The molecule has 0 bridgehead atoms. The van der Waals surface area contributed by atoms with E-state index in [1.807, 2.05) is 0 Å². The number of ether oxygens (including phenoxy) is 1. The maximum atomic E-state index is 10.5. The van der Waals surface area contributed by atoms with Crippen molar-refractivity contribution >= 4 is 5.97 Å². The van der Waals surface area contributed by atoms with Crippen LogP contribution in [0, 0.1) is 0 Å². The molecule has 29 heavy (non-hydrogen) atoms. The van der Waals surface area contributed by atoms with Crippen LogP contribution in [0.2, 0.25) is 0 Å². The van der Waals surface area contributed by atoms with Crippen molar-refractivity contribution in [1.29, 1.82) is 0 Å². The number of aliphatic hydroxyl groups is 4. The number of para-hydroxylation sites is 4. The number of cyclic esters (lactones) is 1. The summed E-state index contributed by atoms with van der Waals surface area (Å²) >= 11 is 0. The summed E-state index contributed by atoms with van der Waals surface area (Å²) in [7, 11) is 0. The first kappa shape index (κ1) is 26.1. The van der Waals surface area contributed by atoms with E-state index in [0.717, 1.165) is 0 Å². The van der Waals surface area contributed by atoms with Crippen LogP contribution in [-0.2, 0) is 31.2 Å². The second-order valence-corrected chi connectivity index (χ2v) is 5.20. The molecule has 2 aromatic carbocycles. The minimum Gasteiger partial charge on any atom is -0.873 e. The van der Waals surface area contributed by atoms with Gasteiger partial charge in [-0.15, -0.1) is 23.0 Å². The average molecular weight is 440 g/mol. The van der Waals surface area contributed by atoms with Crippen LogP contribution in [0.5, 0.6) is 23.0 Å². The van der Waals surface area contributed by atoms with Crippen molar-refractivity contribution in [3.05, 3.63) is 60.0 Å². The Labute approximate surface area is 180 Å². The molecule has 1 aliphatic rings. The summed E-state index contributed by atoms with van der Waals surface area (Å²) in [5, 5.41) is 76.3.